The lowest BCUT2D eigenvalue weighted by Crippen LogP contribution is -2.16. The number of nitriles is 1. The third-order valence-electron chi connectivity index (χ3n) is 4.22. The third-order valence-corrected chi connectivity index (χ3v) is 4.22. The van der Waals surface area contributed by atoms with Crippen molar-refractivity contribution in [2.24, 2.45) is 0 Å². The number of para-hydroxylation sites is 1. The van der Waals surface area contributed by atoms with Crippen LogP contribution in [-0.4, -0.2) is 25.6 Å². The Hall–Kier alpha value is -3.79. The van der Waals surface area contributed by atoms with E-state index < -0.39 is 11.9 Å². The van der Waals surface area contributed by atoms with Crippen LogP contribution in [0.5, 0.6) is 5.75 Å². The van der Waals surface area contributed by atoms with E-state index in [0.717, 1.165) is 18.4 Å². The van der Waals surface area contributed by atoms with Gasteiger partial charge in [0.2, 0.25) is 0 Å². The molecule has 0 unspecified atom stereocenters. The highest BCUT2D eigenvalue weighted by Gasteiger charge is 2.15. The summed E-state index contributed by atoms with van der Waals surface area (Å²) >= 11 is 0. The van der Waals surface area contributed by atoms with Gasteiger partial charge in [-0.3, -0.25) is 4.79 Å². The number of methoxy groups -OCH3 is 1. The fraction of sp³-hybridized carbons (Fsp3) is 0.261. The number of nitrogens with zero attached hydrogens (tertiary/aromatic N) is 1. The molecule has 0 atom stereocenters. The van der Waals surface area contributed by atoms with Gasteiger partial charge in [-0.2, -0.15) is 5.26 Å². The second-order valence-electron chi connectivity index (χ2n) is 6.51. The van der Waals surface area contributed by atoms with Gasteiger partial charge in [0.1, 0.15) is 17.4 Å². The zero-order valence-electron chi connectivity index (χ0n) is 17.3. The molecule has 0 saturated carbocycles. The highest BCUT2D eigenvalue weighted by atomic mass is 16.5. The summed E-state index contributed by atoms with van der Waals surface area (Å²) in [5, 5.41) is 15.0. The molecule has 2 aromatic rings. The monoisotopic (exact) mass is 407 g/mol. The molecule has 0 saturated heterocycles. The highest BCUT2D eigenvalue weighted by molar-refractivity contribution is 6.07. The topological polar surface area (TPSA) is 100 Å². The second kappa shape index (κ2) is 11.3. The quantitative estimate of drug-likeness (QED) is 0.276. The van der Waals surface area contributed by atoms with E-state index in [4.69, 9.17) is 9.47 Å². The van der Waals surface area contributed by atoms with E-state index in [1.54, 1.807) is 36.4 Å². The summed E-state index contributed by atoms with van der Waals surface area (Å²) < 4.78 is 10.5. The predicted octanol–water partition coefficient (Wildman–Crippen LogP) is 4.42. The fourth-order valence-corrected chi connectivity index (χ4v) is 2.58. The van der Waals surface area contributed by atoms with Gasteiger partial charge in [-0.15, -0.1) is 0 Å². The van der Waals surface area contributed by atoms with Gasteiger partial charge in [-0.1, -0.05) is 31.5 Å². The van der Waals surface area contributed by atoms with E-state index >= 15 is 0 Å². The molecule has 2 aromatic carbocycles. The van der Waals surface area contributed by atoms with E-state index in [-0.39, 0.29) is 5.57 Å². The molecule has 0 radical (unpaired) electrons. The maximum Gasteiger partial charge on any atom is 0.340 e. The Morgan fingerprint density at radius 1 is 1.17 bits per heavy atom. The average molecular weight is 407 g/mol. The predicted molar refractivity (Wildman–Crippen MR) is 115 cm³/mol. The first-order chi connectivity index (χ1) is 14.5. The van der Waals surface area contributed by atoms with Crippen molar-refractivity contribution >= 4 is 23.3 Å². The number of unbranched alkanes of at least 4 members (excludes halogenated alkanes) is 1. The lowest BCUT2D eigenvalue weighted by atomic mass is 10.1. The number of carbonyl (C=O) groups is 2. The zero-order chi connectivity index (χ0) is 21.9. The molecule has 0 aliphatic heterocycles. The summed E-state index contributed by atoms with van der Waals surface area (Å²) in [6, 6.07) is 13.9. The number of nitrogens with one attached hydrogen (secondary N) is 2. The number of aryl methyl sites for hydroxylation is 1. The fourth-order valence-electron chi connectivity index (χ4n) is 2.58. The number of esters is 1. The van der Waals surface area contributed by atoms with Crippen LogP contribution in [0.15, 0.2) is 54.2 Å². The van der Waals surface area contributed by atoms with Crippen LogP contribution < -0.4 is 15.4 Å². The number of anilines is 2. The van der Waals surface area contributed by atoms with Crippen molar-refractivity contribution in [3.63, 3.8) is 0 Å². The van der Waals surface area contributed by atoms with Crippen molar-refractivity contribution in [2.45, 2.75) is 26.7 Å². The number of carbonyl (C=O) groups excluding carboxylic acids is 2. The van der Waals surface area contributed by atoms with Gasteiger partial charge in [-0.25, -0.2) is 4.79 Å². The molecule has 0 fully saturated rings. The molecular formula is C23H25N3O4. The normalized spacial score (nSPS) is 10.7. The maximum absolute atomic E-state index is 12.5. The Labute approximate surface area is 176 Å². The average Bonchev–Trinajstić information content (AvgIpc) is 2.74. The molecule has 0 aromatic heterocycles. The van der Waals surface area contributed by atoms with E-state index in [2.05, 4.69) is 10.6 Å². The Morgan fingerprint density at radius 2 is 1.93 bits per heavy atom. The number of ether oxygens (including phenoxy) is 2. The molecule has 1 amide bonds. The summed E-state index contributed by atoms with van der Waals surface area (Å²) in [7, 11) is 1.50. The van der Waals surface area contributed by atoms with Crippen LogP contribution >= 0.6 is 0 Å². The Morgan fingerprint density at radius 3 is 2.63 bits per heavy atom. The van der Waals surface area contributed by atoms with Crippen LogP contribution in [0.3, 0.4) is 0 Å². The van der Waals surface area contributed by atoms with E-state index in [0.29, 0.717) is 29.3 Å². The molecule has 0 aliphatic rings. The van der Waals surface area contributed by atoms with Crippen LogP contribution in [0.25, 0.3) is 0 Å². The van der Waals surface area contributed by atoms with E-state index in [1.165, 1.54) is 13.3 Å². The molecule has 2 N–H and O–H groups in total. The highest BCUT2D eigenvalue weighted by Crippen LogP contribution is 2.25. The summed E-state index contributed by atoms with van der Waals surface area (Å²) in [6.07, 6.45) is 2.96. The molecule has 0 heterocycles. The van der Waals surface area contributed by atoms with Crippen molar-refractivity contribution in [1.82, 2.24) is 0 Å². The number of amides is 1. The van der Waals surface area contributed by atoms with Crippen molar-refractivity contribution in [1.29, 1.82) is 5.26 Å². The van der Waals surface area contributed by atoms with Crippen molar-refractivity contribution < 1.29 is 19.1 Å². The first kappa shape index (κ1) is 22.5. The van der Waals surface area contributed by atoms with Crippen molar-refractivity contribution in [3.05, 3.63) is 65.4 Å². The summed E-state index contributed by atoms with van der Waals surface area (Å²) in [5.74, 6) is -0.580. The van der Waals surface area contributed by atoms with Gasteiger partial charge in [0.05, 0.1) is 30.7 Å². The SMILES string of the molecule is CCCCOC(=O)c1ccccc1N/C=C(/C#N)C(=O)Nc1cc(C)ccc1OC. The summed E-state index contributed by atoms with van der Waals surface area (Å²) in [6.45, 7) is 4.23. The zero-order valence-corrected chi connectivity index (χ0v) is 17.3. The maximum atomic E-state index is 12.5. The van der Waals surface area contributed by atoms with Gasteiger partial charge in [0.15, 0.2) is 0 Å². The second-order valence-corrected chi connectivity index (χ2v) is 6.51. The van der Waals surface area contributed by atoms with Crippen molar-refractivity contribution in [3.8, 4) is 11.8 Å². The Bertz CT molecular complexity index is 977. The van der Waals surface area contributed by atoms with Gasteiger partial charge in [-0.05, 0) is 43.2 Å². The van der Waals surface area contributed by atoms with Crippen LogP contribution in [0.1, 0.15) is 35.7 Å². The molecule has 156 valence electrons. The van der Waals surface area contributed by atoms with E-state index in [9.17, 15) is 14.9 Å². The minimum absolute atomic E-state index is 0.160. The largest absolute Gasteiger partial charge is 0.495 e. The molecule has 2 rings (SSSR count). The molecule has 0 spiro atoms. The van der Waals surface area contributed by atoms with Crippen LogP contribution in [0.2, 0.25) is 0 Å². The number of rotatable bonds is 9. The molecule has 7 nitrogen and oxygen atoms in total. The summed E-state index contributed by atoms with van der Waals surface area (Å²) in [4.78, 5) is 24.8. The van der Waals surface area contributed by atoms with Crippen molar-refractivity contribution in [2.75, 3.05) is 24.4 Å². The minimum Gasteiger partial charge on any atom is -0.495 e. The Balaban J connectivity index is 2.16. The number of hydrogen-bond acceptors (Lipinski definition) is 6. The standard InChI is InChI=1S/C23H25N3O4/c1-4-5-12-30-23(28)18-8-6-7-9-19(18)25-15-17(14-24)22(27)26-20-13-16(2)10-11-21(20)29-3/h6-11,13,15,25H,4-5,12H2,1-3H3,(H,26,27)/b17-15-. The minimum atomic E-state index is -0.600. The van der Waals surface area contributed by atoms with Gasteiger partial charge in [0, 0.05) is 6.20 Å². The molecule has 0 bridgehead atoms. The van der Waals surface area contributed by atoms with Gasteiger partial charge >= 0.3 is 5.97 Å². The Kier molecular flexibility index (Phi) is 8.45. The lowest BCUT2D eigenvalue weighted by molar-refractivity contribution is -0.112. The van der Waals surface area contributed by atoms with Gasteiger partial charge < -0.3 is 20.1 Å². The van der Waals surface area contributed by atoms with Crippen LogP contribution in [0.4, 0.5) is 11.4 Å². The smallest absolute Gasteiger partial charge is 0.340 e. The van der Waals surface area contributed by atoms with Crippen LogP contribution in [-0.2, 0) is 9.53 Å². The number of hydrogen-bond donors (Lipinski definition) is 2. The lowest BCUT2D eigenvalue weighted by Gasteiger charge is -2.11. The first-order valence-electron chi connectivity index (χ1n) is 9.59. The van der Waals surface area contributed by atoms with Gasteiger partial charge in [0.25, 0.3) is 5.91 Å². The molecular weight excluding hydrogens is 382 g/mol. The molecule has 7 heteroatoms. The van der Waals surface area contributed by atoms with Crippen LogP contribution in [0, 0.1) is 18.3 Å². The number of benzene rings is 2. The van der Waals surface area contributed by atoms with E-state index in [1.807, 2.05) is 26.0 Å². The molecule has 30 heavy (non-hydrogen) atoms. The third kappa shape index (κ3) is 6.11. The molecule has 0 aliphatic carbocycles. The summed E-state index contributed by atoms with van der Waals surface area (Å²) in [5.41, 5.74) is 1.99. The first-order valence-corrected chi connectivity index (χ1v) is 9.59.